The molecule has 66 valence electrons. The third kappa shape index (κ3) is 106. The second-order valence-electron chi connectivity index (χ2n) is 1.88. The van der Waals surface area contributed by atoms with Crippen molar-refractivity contribution >= 4 is 0 Å². The van der Waals surface area contributed by atoms with Crippen LogP contribution in [0.15, 0.2) is 0 Å². The standard InChI is InChI=1S/C4H10O.C3H8O.H2O/c1-3-5-4-2;1-3(2)4;/h3-4H2,1-2H3;3-4H,1-2H3;1H2. The lowest BCUT2D eigenvalue weighted by Gasteiger charge is -1.86. The Kier molecular flexibility index (Phi) is 26.2. The van der Waals surface area contributed by atoms with Crippen molar-refractivity contribution < 1.29 is 15.3 Å². The average molecular weight is 152 g/mol. The van der Waals surface area contributed by atoms with Crippen LogP contribution in [-0.2, 0) is 4.74 Å². The molecule has 3 N–H and O–H groups in total. The Morgan fingerprint density at radius 1 is 1.20 bits per heavy atom. The molecule has 0 unspecified atom stereocenters. The van der Waals surface area contributed by atoms with Crippen LogP contribution in [-0.4, -0.2) is 29.9 Å². The van der Waals surface area contributed by atoms with Crippen molar-refractivity contribution in [2.75, 3.05) is 13.2 Å². The summed E-state index contributed by atoms with van der Waals surface area (Å²) in [5.41, 5.74) is 0. The van der Waals surface area contributed by atoms with Gasteiger partial charge in [-0.05, 0) is 27.7 Å². The maximum atomic E-state index is 8.06. The molecular weight excluding hydrogens is 132 g/mol. The molecule has 0 heterocycles. The fraction of sp³-hybridized carbons (Fsp3) is 1.00. The highest BCUT2D eigenvalue weighted by atomic mass is 16.5. The lowest BCUT2D eigenvalue weighted by atomic mass is 10.5. The molecule has 10 heavy (non-hydrogen) atoms. The Morgan fingerprint density at radius 3 is 1.40 bits per heavy atom. The van der Waals surface area contributed by atoms with E-state index >= 15 is 0 Å². The van der Waals surface area contributed by atoms with Gasteiger partial charge in [-0.1, -0.05) is 0 Å². The molecule has 0 aromatic carbocycles. The normalized spacial score (nSPS) is 7.80. The van der Waals surface area contributed by atoms with Crippen molar-refractivity contribution in [3.8, 4) is 0 Å². The highest BCUT2D eigenvalue weighted by molar-refractivity contribution is 4.20. The zero-order valence-corrected chi connectivity index (χ0v) is 7.35. The summed E-state index contributed by atoms with van der Waals surface area (Å²) in [6.45, 7) is 9.11. The van der Waals surface area contributed by atoms with Crippen molar-refractivity contribution in [3.63, 3.8) is 0 Å². The summed E-state index contributed by atoms with van der Waals surface area (Å²) in [5.74, 6) is 0. The number of hydrogen-bond donors (Lipinski definition) is 1. The van der Waals surface area contributed by atoms with E-state index in [1.54, 1.807) is 13.8 Å². The first kappa shape index (κ1) is 16.5. The highest BCUT2D eigenvalue weighted by Gasteiger charge is 1.69. The van der Waals surface area contributed by atoms with Gasteiger partial charge in [-0.2, -0.15) is 0 Å². The lowest BCUT2D eigenvalue weighted by Crippen LogP contribution is -1.85. The zero-order valence-electron chi connectivity index (χ0n) is 7.35. The predicted octanol–water partition coefficient (Wildman–Crippen LogP) is 0.605. The molecule has 0 atom stereocenters. The minimum absolute atomic E-state index is 0. The predicted molar refractivity (Wildman–Crippen MR) is 43.1 cm³/mol. The minimum Gasteiger partial charge on any atom is -0.412 e. The molecule has 0 aromatic rings. The van der Waals surface area contributed by atoms with Crippen LogP contribution in [0.25, 0.3) is 0 Å². The topological polar surface area (TPSA) is 61.0 Å². The molecule has 0 amide bonds. The van der Waals surface area contributed by atoms with E-state index in [1.165, 1.54) is 0 Å². The van der Waals surface area contributed by atoms with Crippen LogP contribution in [0.3, 0.4) is 0 Å². The minimum atomic E-state index is -0.167. The van der Waals surface area contributed by atoms with Gasteiger partial charge in [-0.15, -0.1) is 0 Å². The van der Waals surface area contributed by atoms with Crippen LogP contribution in [0.2, 0.25) is 0 Å². The van der Waals surface area contributed by atoms with Gasteiger partial charge >= 0.3 is 0 Å². The quantitative estimate of drug-likeness (QED) is 0.630. The number of ether oxygens (including phenoxy) is 1. The molecule has 0 aromatic heterocycles. The molecule has 0 rings (SSSR count). The molecule has 3 nitrogen and oxygen atoms in total. The van der Waals surface area contributed by atoms with Crippen molar-refractivity contribution in [2.45, 2.75) is 33.8 Å². The van der Waals surface area contributed by atoms with Gasteiger partial charge in [-0.25, -0.2) is 0 Å². The number of aliphatic hydroxyl groups excluding tert-OH is 1. The van der Waals surface area contributed by atoms with Crippen LogP contribution in [0.5, 0.6) is 0 Å². The largest absolute Gasteiger partial charge is 0.412 e. The third-order valence-electron chi connectivity index (χ3n) is 0.408. The number of rotatable bonds is 2. The molecule has 0 aliphatic rings. The Balaban J connectivity index is -0.0000000910. The summed E-state index contributed by atoms with van der Waals surface area (Å²) in [6, 6.07) is 0. The summed E-state index contributed by atoms with van der Waals surface area (Å²) in [5, 5.41) is 8.06. The number of hydrogen-bond acceptors (Lipinski definition) is 2. The fourth-order valence-corrected chi connectivity index (χ4v) is 0.204. The third-order valence-corrected chi connectivity index (χ3v) is 0.408. The lowest BCUT2D eigenvalue weighted by molar-refractivity contribution is 0.162. The highest BCUT2D eigenvalue weighted by Crippen LogP contribution is 1.65. The van der Waals surface area contributed by atoms with Gasteiger partial charge < -0.3 is 15.3 Å². The van der Waals surface area contributed by atoms with Gasteiger partial charge in [0.1, 0.15) is 0 Å². The number of aliphatic hydroxyl groups is 1. The molecule has 0 saturated carbocycles. The maximum absolute atomic E-state index is 8.06. The Hall–Kier alpha value is -0.120. The van der Waals surface area contributed by atoms with E-state index in [0.717, 1.165) is 13.2 Å². The van der Waals surface area contributed by atoms with Crippen molar-refractivity contribution in [2.24, 2.45) is 0 Å². The first-order valence-electron chi connectivity index (χ1n) is 3.40. The van der Waals surface area contributed by atoms with Gasteiger partial charge in [0.2, 0.25) is 0 Å². The van der Waals surface area contributed by atoms with Crippen LogP contribution in [0, 0.1) is 0 Å². The van der Waals surface area contributed by atoms with Crippen LogP contribution in [0.4, 0.5) is 0 Å². The monoisotopic (exact) mass is 152 g/mol. The average Bonchev–Trinajstić information content (AvgIpc) is 1.66. The van der Waals surface area contributed by atoms with Gasteiger partial charge in [0.25, 0.3) is 0 Å². The van der Waals surface area contributed by atoms with E-state index in [1.807, 2.05) is 13.8 Å². The summed E-state index contributed by atoms with van der Waals surface area (Å²) >= 11 is 0. The Morgan fingerprint density at radius 2 is 1.40 bits per heavy atom. The zero-order chi connectivity index (χ0) is 7.70. The Labute approximate surface area is 63.3 Å². The molecule has 0 saturated heterocycles. The smallest absolute Gasteiger partial charge is 0.0483 e. The SMILES string of the molecule is CC(C)O.CCOCC.O. The second-order valence-corrected chi connectivity index (χ2v) is 1.88. The molecule has 0 aliphatic heterocycles. The van der Waals surface area contributed by atoms with Crippen molar-refractivity contribution in [3.05, 3.63) is 0 Å². The van der Waals surface area contributed by atoms with E-state index in [4.69, 9.17) is 9.84 Å². The summed E-state index contributed by atoms with van der Waals surface area (Å²) in [4.78, 5) is 0. The van der Waals surface area contributed by atoms with E-state index < -0.39 is 0 Å². The van der Waals surface area contributed by atoms with Gasteiger partial charge in [-0.3, -0.25) is 0 Å². The maximum Gasteiger partial charge on any atom is 0.0483 e. The first-order valence-corrected chi connectivity index (χ1v) is 3.40. The van der Waals surface area contributed by atoms with E-state index in [2.05, 4.69) is 0 Å². The van der Waals surface area contributed by atoms with Crippen LogP contribution in [0.1, 0.15) is 27.7 Å². The summed E-state index contributed by atoms with van der Waals surface area (Å²) < 4.78 is 4.83. The van der Waals surface area contributed by atoms with Crippen LogP contribution < -0.4 is 0 Å². The van der Waals surface area contributed by atoms with Gasteiger partial charge in [0, 0.05) is 19.3 Å². The van der Waals surface area contributed by atoms with Gasteiger partial charge in [0.05, 0.1) is 0 Å². The molecule has 0 bridgehead atoms. The van der Waals surface area contributed by atoms with E-state index in [9.17, 15) is 0 Å². The summed E-state index contributed by atoms with van der Waals surface area (Å²) in [7, 11) is 0. The fourth-order valence-electron chi connectivity index (χ4n) is 0.204. The van der Waals surface area contributed by atoms with Crippen LogP contribution >= 0.6 is 0 Å². The van der Waals surface area contributed by atoms with E-state index in [-0.39, 0.29) is 11.6 Å². The Bertz CT molecular complexity index is 33.1. The summed E-state index contributed by atoms with van der Waals surface area (Å²) in [6.07, 6.45) is -0.167. The van der Waals surface area contributed by atoms with Crippen molar-refractivity contribution in [1.29, 1.82) is 0 Å². The molecular formula is C7H20O3. The van der Waals surface area contributed by atoms with Gasteiger partial charge in [0.15, 0.2) is 0 Å². The molecule has 0 spiro atoms. The van der Waals surface area contributed by atoms with Crippen molar-refractivity contribution in [1.82, 2.24) is 0 Å². The molecule has 3 heteroatoms. The second kappa shape index (κ2) is 15.9. The molecule has 0 aliphatic carbocycles. The molecule has 0 radical (unpaired) electrons. The first-order chi connectivity index (χ1) is 4.15. The molecule has 0 fully saturated rings. The van der Waals surface area contributed by atoms with E-state index in [0.29, 0.717) is 0 Å².